The molecule has 66 valence electrons. The molecule has 0 radical (unpaired) electrons. The van der Waals surface area contributed by atoms with E-state index in [-0.39, 0.29) is 6.10 Å². The van der Waals surface area contributed by atoms with Gasteiger partial charge in [0.05, 0.1) is 6.10 Å². The van der Waals surface area contributed by atoms with Crippen LogP contribution in [0.5, 0.6) is 0 Å². The molecule has 1 aliphatic rings. The molecular formula is C7H9IN2OS. The van der Waals surface area contributed by atoms with Crippen molar-refractivity contribution in [2.75, 3.05) is 0 Å². The van der Waals surface area contributed by atoms with Gasteiger partial charge < -0.3 is 4.74 Å². The Bertz CT molecular complexity index is 278. The van der Waals surface area contributed by atoms with Crippen molar-refractivity contribution in [3.05, 3.63) is 8.84 Å². The molecule has 1 aromatic heterocycles. The fourth-order valence-electron chi connectivity index (χ4n) is 1.34. The van der Waals surface area contributed by atoms with Gasteiger partial charge in [-0.15, -0.1) is 0 Å². The van der Waals surface area contributed by atoms with Crippen molar-refractivity contribution in [1.29, 1.82) is 0 Å². The fraction of sp³-hybridized carbons (Fsp3) is 0.714. The largest absolute Gasteiger partial charge is 0.367 e. The van der Waals surface area contributed by atoms with Crippen LogP contribution in [0, 0.1) is 3.01 Å². The van der Waals surface area contributed by atoms with E-state index < -0.39 is 0 Å². The average molecular weight is 296 g/mol. The first-order valence-corrected chi connectivity index (χ1v) is 5.75. The zero-order valence-corrected chi connectivity index (χ0v) is 9.63. The molecule has 12 heavy (non-hydrogen) atoms. The van der Waals surface area contributed by atoms with Gasteiger partial charge in [-0.2, -0.15) is 4.37 Å². The van der Waals surface area contributed by atoms with Gasteiger partial charge in [0.2, 0.25) is 0 Å². The molecule has 1 aromatic rings. The van der Waals surface area contributed by atoms with Crippen LogP contribution >= 0.6 is 34.1 Å². The Kier molecular flexibility index (Phi) is 2.61. The lowest BCUT2D eigenvalue weighted by molar-refractivity contribution is 0.0509. The Hall–Kier alpha value is 0.250. The molecule has 1 aliphatic heterocycles. The van der Waals surface area contributed by atoms with E-state index in [2.05, 4.69) is 38.9 Å². The van der Waals surface area contributed by atoms with Crippen LogP contribution in [0.25, 0.3) is 0 Å². The molecule has 3 nitrogen and oxygen atoms in total. The third-order valence-corrected chi connectivity index (χ3v) is 3.29. The molecule has 0 saturated carbocycles. The first kappa shape index (κ1) is 8.83. The summed E-state index contributed by atoms with van der Waals surface area (Å²) in [5, 5.41) is 0. The maximum Gasteiger partial charge on any atom is 0.174 e. The Balaban J connectivity index is 2.11. The molecule has 2 rings (SSSR count). The van der Waals surface area contributed by atoms with Crippen LogP contribution in [-0.4, -0.2) is 15.5 Å². The highest BCUT2D eigenvalue weighted by atomic mass is 127. The second kappa shape index (κ2) is 3.55. The highest BCUT2D eigenvalue weighted by Crippen LogP contribution is 2.31. The zero-order valence-electron chi connectivity index (χ0n) is 6.66. The summed E-state index contributed by atoms with van der Waals surface area (Å²) >= 11 is 3.62. The molecule has 2 atom stereocenters. The smallest absolute Gasteiger partial charge is 0.174 e. The van der Waals surface area contributed by atoms with Gasteiger partial charge in [0, 0.05) is 0 Å². The summed E-state index contributed by atoms with van der Waals surface area (Å²) in [6.45, 7) is 2.09. The van der Waals surface area contributed by atoms with Crippen LogP contribution in [0.4, 0.5) is 0 Å². The van der Waals surface area contributed by atoms with E-state index in [4.69, 9.17) is 4.74 Å². The number of aromatic nitrogens is 2. The second-order valence-corrected chi connectivity index (χ2v) is 5.42. The predicted molar refractivity (Wildman–Crippen MR) is 55.1 cm³/mol. The maximum absolute atomic E-state index is 5.64. The van der Waals surface area contributed by atoms with Crippen LogP contribution in [0.3, 0.4) is 0 Å². The Labute approximate surface area is 88.8 Å². The topological polar surface area (TPSA) is 35.0 Å². The van der Waals surface area contributed by atoms with E-state index in [9.17, 15) is 0 Å². The van der Waals surface area contributed by atoms with E-state index in [0.29, 0.717) is 6.10 Å². The van der Waals surface area contributed by atoms with Crippen LogP contribution in [0.1, 0.15) is 31.7 Å². The molecule has 1 fully saturated rings. The normalized spacial score (nSPS) is 29.5. The van der Waals surface area contributed by atoms with Crippen molar-refractivity contribution in [2.24, 2.45) is 0 Å². The number of hydrogen-bond donors (Lipinski definition) is 0. The van der Waals surface area contributed by atoms with Crippen molar-refractivity contribution < 1.29 is 4.74 Å². The number of halogens is 1. The third kappa shape index (κ3) is 1.77. The Morgan fingerprint density at radius 2 is 2.42 bits per heavy atom. The van der Waals surface area contributed by atoms with Crippen molar-refractivity contribution in [3.63, 3.8) is 0 Å². The van der Waals surface area contributed by atoms with Crippen LogP contribution in [0.15, 0.2) is 0 Å². The third-order valence-electron chi connectivity index (χ3n) is 1.94. The molecule has 5 heteroatoms. The van der Waals surface area contributed by atoms with E-state index in [1.165, 1.54) is 11.5 Å². The molecule has 1 saturated heterocycles. The molecule has 0 amide bonds. The Morgan fingerprint density at radius 1 is 1.58 bits per heavy atom. The van der Waals surface area contributed by atoms with Crippen molar-refractivity contribution in [3.8, 4) is 0 Å². The quantitative estimate of drug-likeness (QED) is 0.746. The van der Waals surface area contributed by atoms with Crippen LogP contribution in [0.2, 0.25) is 0 Å². The van der Waals surface area contributed by atoms with Gasteiger partial charge >= 0.3 is 0 Å². The summed E-state index contributed by atoms with van der Waals surface area (Å²) in [6.07, 6.45) is 2.71. The molecule has 0 spiro atoms. The highest BCUT2D eigenvalue weighted by Gasteiger charge is 2.26. The van der Waals surface area contributed by atoms with Gasteiger partial charge in [0.25, 0.3) is 0 Å². The summed E-state index contributed by atoms with van der Waals surface area (Å²) in [7, 11) is 0. The van der Waals surface area contributed by atoms with E-state index in [1.54, 1.807) is 0 Å². The second-order valence-electron chi connectivity index (χ2n) is 2.92. The van der Waals surface area contributed by atoms with Crippen LogP contribution in [-0.2, 0) is 4.74 Å². The van der Waals surface area contributed by atoms with Gasteiger partial charge in [-0.25, -0.2) is 4.98 Å². The number of rotatable bonds is 1. The van der Waals surface area contributed by atoms with Gasteiger partial charge in [-0.3, -0.25) is 0 Å². The molecule has 0 bridgehead atoms. The minimum Gasteiger partial charge on any atom is -0.367 e. The van der Waals surface area contributed by atoms with Gasteiger partial charge in [0.15, 0.2) is 8.84 Å². The average Bonchev–Trinajstić information content (AvgIpc) is 2.58. The summed E-state index contributed by atoms with van der Waals surface area (Å²) in [6, 6.07) is 0. The van der Waals surface area contributed by atoms with Crippen LogP contribution < -0.4 is 0 Å². The number of ether oxygens (including phenoxy) is 1. The predicted octanol–water partition coefficient (Wildman–Crippen LogP) is 2.38. The monoisotopic (exact) mass is 296 g/mol. The highest BCUT2D eigenvalue weighted by molar-refractivity contribution is 14.1. The zero-order chi connectivity index (χ0) is 8.55. The van der Waals surface area contributed by atoms with Gasteiger partial charge in [-0.05, 0) is 53.9 Å². The first-order chi connectivity index (χ1) is 5.75. The number of nitrogens with zero attached hydrogens (tertiary/aromatic N) is 2. The summed E-state index contributed by atoms with van der Waals surface area (Å²) in [5.74, 6) is 0.869. The van der Waals surface area contributed by atoms with E-state index in [1.807, 2.05) is 0 Å². The van der Waals surface area contributed by atoms with Crippen molar-refractivity contribution in [1.82, 2.24) is 9.36 Å². The lowest BCUT2D eigenvalue weighted by Gasteiger charge is -2.05. The molecule has 0 aliphatic carbocycles. The standard InChI is InChI=1S/C7H9IN2OS/c1-4-2-3-5(11-4)6-9-7(8)12-10-6/h4-5H,2-3H2,1H3. The maximum atomic E-state index is 5.64. The lowest BCUT2D eigenvalue weighted by atomic mass is 10.2. The van der Waals surface area contributed by atoms with E-state index >= 15 is 0 Å². The van der Waals surface area contributed by atoms with Crippen molar-refractivity contribution >= 4 is 34.1 Å². The molecular weight excluding hydrogens is 287 g/mol. The SMILES string of the molecule is CC1CCC(c2nsc(I)n2)O1. The number of hydrogen-bond acceptors (Lipinski definition) is 4. The first-order valence-electron chi connectivity index (χ1n) is 3.90. The van der Waals surface area contributed by atoms with Gasteiger partial charge in [0.1, 0.15) is 6.10 Å². The Morgan fingerprint density at radius 3 is 2.92 bits per heavy atom. The minimum atomic E-state index is 0.153. The molecule has 2 unspecified atom stereocenters. The molecule has 2 heterocycles. The fourth-order valence-corrected chi connectivity index (χ4v) is 2.34. The summed E-state index contributed by atoms with van der Waals surface area (Å²) in [4.78, 5) is 4.30. The minimum absolute atomic E-state index is 0.153. The molecule has 0 N–H and O–H groups in total. The summed E-state index contributed by atoms with van der Waals surface area (Å²) in [5.41, 5.74) is 0. The van der Waals surface area contributed by atoms with Crippen molar-refractivity contribution in [2.45, 2.75) is 32.0 Å². The lowest BCUT2D eigenvalue weighted by Crippen LogP contribution is -2.02. The van der Waals surface area contributed by atoms with Gasteiger partial charge in [-0.1, -0.05) is 0 Å². The van der Waals surface area contributed by atoms with E-state index in [0.717, 1.165) is 21.7 Å². The summed E-state index contributed by atoms with van der Waals surface area (Å²) < 4.78 is 10.9. The molecule has 0 aromatic carbocycles.